The lowest BCUT2D eigenvalue weighted by atomic mass is 9.96. The molecule has 6 nitrogen and oxygen atoms in total. The Morgan fingerprint density at radius 1 is 1.21 bits per heavy atom. The number of aromatic nitrogens is 1. The molecule has 0 atom stereocenters. The van der Waals surface area contributed by atoms with Crippen molar-refractivity contribution in [2.24, 2.45) is 5.41 Å². The second kappa shape index (κ2) is 7.44. The second-order valence-corrected chi connectivity index (χ2v) is 7.13. The highest BCUT2D eigenvalue weighted by Crippen LogP contribution is 2.24. The fourth-order valence-corrected chi connectivity index (χ4v) is 2.54. The summed E-state index contributed by atoms with van der Waals surface area (Å²) >= 11 is 1.30. The van der Waals surface area contributed by atoms with Gasteiger partial charge in [0.2, 0.25) is 11.8 Å². The molecule has 1 aromatic heterocycles. The summed E-state index contributed by atoms with van der Waals surface area (Å²) in [6.07, 6.45) is 0.125. The Morgan fingerprint density at radius 3 is 2.58 bits per heavy atom. The summed E-state index contributed by atoms with van der Waals surface area (Å²) < 4.78 is 5.20. The minimum atomic E-state index is -0.493. The topological polar surface area (TPSA) is 80.3 Å². The standard InChI is InChI=1S/C17H21N3O3S/c1-17(2,3)15(22)20-16-18-11(10-24-16)9-14(21)19-12-7-5-6-8-13(12)23-4/h5-8,10H,9H2,1-4H3,(H,19,21)(H,18,20,22). The lowest BCUT2D eigenvalue weighted by molar-refractivity contribution is -0.123. The van der Waals surface area contributed by atoms with E-state index in [9.17, 15) is 9.59 Å². The first kappa shape index (κ1) is 17.9. The van der Waals surface area contributed by atoms with E-state index in [1.807, 2.05) is 32.9 Å². The van der Waals surface area contributed by atoms with Gasteiger partial charge in [0.15, 0.2) is 5.13 Å². The molecule has 0 radical (unpaired) electrons. The third kappa shape index (κ3) is 4.79. The van der Waals surface area contributed by atoms with Crippen molar-refractivity contribution in [1.82, 2.24) is 4.98 Å². The minimum Gasteiger partial charge on any atom is -0.495 e. The predicted octanol–water partition coefficient (Wildman–Crippen LogP) is 3.32. The summed E-state index contributed by atoms with van der Waals surface area (Å²) in [5.74, 6) is 0.294. The van der Waals surface area contributed by atoms with E-state index < -0.39 is 5.41 Å². The van der Waals surface area contributed by atoms with E-state index in [1.165, 1.54) is 11.3 Å². The molecule has 2 amide bonds. The summed E-state index contributed by atoms with van der Waals surface area (Å²) in [5, 5.41) is 7.82. The molecule has 24 heavy (non-hydrogen) atoms. The lowest BCUT2D eigenvalue weighted by Gasteiger charge is -2.15. The summed E-state index contributed by atoms with van der Waals surface area (Å²) in [6.45, 7) is 5.49. The quantitative estimate of drug-likeness (QED) is 0.869. The van der Waals surface area contributed by atoms with E-state index >= 15 is 0 Å². The van der Waals surface area contributed by atoms with Gasteiger partial charge in [-0.25, -0.2) is 4.98 Å². The number of amides is 2. The van der Waals surface area contributed by atoms with Crippen LogP contribution in [0.5, 0.6) is 5.75 Å². The molecule has 0 bridgehead atoms. The van der Waals surface area contributed by atoms with Crippen LogP contribution < -0.4 is 15.4 Å². The van der Waals surface area contributed by atoms with Gasteiger partial charge in [-0.05, 0) is 12.1 Å². The van der Waals surface area contributed by atoms with Gasteiger partial charge in [0.25, 0.3) is 0 Å². The predicted molar refractivity (Wildman–Crippen MR) is 95.5 cm³/mol. The Kier molecular flexibility index (Phi) is 5.56. The van der Waals surface area contributed by atoms with Crippen molar-refractivity contribution in [3.05, 3.63) is 35.3 Å². The number of rotatable bonds is 5. The number of nitrogens with one attached hydrogen (secondary N) is 2. The molecule has 1 aromatic carbocycles. The maximum absolute atomic E-state index is 12.2. The van der Waals surface area contributed by atoms with Crippen LogP contribution in [0.25, 0.3) is 0 Å². The average Bonchev–Trinajstić information content (AvgIpc) is 2.93. The molecule has 0 aliphatic heterocycles. The van der Waals surface area contributed by atoms with Crippen LogP contribution in [0.1, 0.15) is 26.5 Å². The van der Waals surface area contributed by atoms with Crippen LogP contribution in [0, 0.1) is 5.41 Å². The zero-order valence-corrected chi connectivity index (χ0v) is 15.0. The SMILES string of the molecule is COc1ccccc1NC(=O)Cc1csc(NC(=O)C(C)(C)C)n1. The molecular formula is C17H21N3O3S. The van der Waals surface area contributed by atoms with E-state index in [4.69, 9.17) is 4.74 Å². The third-order valence-electron chi connectivity index (χ3n) is 3.18. The molecule has 0 fully saturated rings. The molecule has 128 valence electrons. The highest BCUT2D eigenvalue weighted by molar-refractivity contribution is 7.13. The molecule has 0 unspecified atom stereocenters. The Balaban J connectivity index is 1.97. The van der Waals surface area contributed by atoms with Gasteiger partial charge in [0.05, 0.1) is 24.9 Å². The van der Waals surface area contributed by atoms with Crippen molar-refractivity contribution >= 4 is 34.0 Å². The number of anilines is 2. The van der Waals surface area contributed by atoms with Gasteiger partial charge in [-0.2, -0.15) is 0 Å². The van der Waals surface area contributed by atoms with Crippen LogP contribution in [-0.2, 0) is 16.0 Å². The first-order chi connectivity index (χ1) is 11.3. The monoisotopic (exact) mass is 347 g/mol. The first-order valence-corrected chi connectivity index (χ1v) is 8.36. The van der Waals surface area contributed by atoms with Gasteiger partial charge in [-0.15, -0.1) is 11.3 Å². The number of thiazole rings is 1. The first-order valence-electron chi connectivity index (χ1n) is 7.48. The molecule has 1 heterocycles. The van der Waals surface area contributed by atoms with Gasteiger partial charge >= 0.3 is 0 Å². The number of nitrogens with zero attached hydrogens (tertiary/aromatic N) is 1. The molecule has 2 N–H and O–H groups in total. The van der Waals surface area contributed by atoms with Crippen molar-refractivity contribution < 1.29 is 14.3 Å². The van der Waals surface area contributed by atoms with Gasteiger partial charge < -0.3 is 15.4 Å². The number of para-hydroxylation sites is 2. The normalized spacial score (nSPS) is 11.0. The van der Waals surface area contributed by atoms with Crippen molar-refractivity contribution in [3.8, 4) is 5.75 Å². The number of benzene rings is 1. The molecule has 0 aliphatic rings. The van der Waals surface area contributed by atoms with Gasteiger partial charge in [0.1, 0.15) is 5.75 Å². The largest absolute Gasteiger partial charge is 0.495 e. The number of hydrogen-bond donors (Lipinski definition) is 2. The van der Waals surface area contributed by atoms with Crippen LogP contribution in [0.2, 0.25) is 0 Å². The molecule has 2 aromatic rings. The Bertz CT molecular complexity index is 735. The highest BCUT2D eigenvalue weighted by Gasteiger charge is 2.22. The second-order valence-electron chi connectivity index (χ2n) is 6.27. The van der Waals surface area contributed by atoms with Gasteiger partial charge in [0, 0.05) is 10.8 Å². The summed E-state index contributed by atoms with van der Waals surface area (Å²) in [4.78, 5) is 28.4. The molecule has 0 spiro atoms. The Labute approximate surface area is 145 Å². The maximum Gasteiger partial charge on any atom is 0.231 e. The number of methoxy groups -OCH3 is 1. The molecule has 7 heteroatoms. The van der Waals surface area contributed by atoms with E-state index in [1.54, 1.807) is 24.6 Å². The van der Waals surface area contributed by atoms with Crippen LogP contribution in [0.4, 0.5) is 10.8 Å². The molecule has 0 saturated heterocycles. The van der Waals surface area contributed by atoms with Gasteiger partial charge in [-0.1, -0.05) is 32.9 Å². The number of ether oxygens (including phenoxy) is 1. The van der Waals surface area contributed by atoms with Crippen molar-refractivity contribution in [1.29, 1.82) is 0 Å². The van der Waals surface area contributed by atoms with Crippen LogP contribution in [-0.4, -0.2) is 23.9 Å². The maximum atomic E-state index is 12.2. The lowest BCUT2D eigenvalue weighted by Crippen LogP contribution is -2.27. The van der Waals surface area contributed by atoms with Crippen molar-refractivity contribution in [3.63, 3.8) is 0 Å². The number of hydrogen-bond acceptors (Lipinski definition) is 5. The summed E-state index contributed by atoms with van der Waals surface area (Å²) in [7, 11) is 1.55. The molecule has 2 rings (SSSR count). The van der Waals surface area contributed by atoms with Crippen molar-refractivity contribution in [2.45, 2.75) is 27.2 Å². The minimum absolute atomic E-state index is 0.109. The third-order valence-corrected chi connectivity index (χ3v) is 3.98. The zero-order chi connectivity index (χ0) is 17.7. The van der Waals surface area contributed by atoms with E-state index in [0.29, 0.717) is 22.3 Å². The van der Waals surface area contributed by atoms with Crippen LogP contribution in [0.15, 0.2) is 29.6 Å². The summed E-state index contributed by atoms with van der Waals surface area (Å²) in [6, 6.07) is 7.20. The molecular weight excluding hydrogens is 326 g/mol. The van der Waals surface area contributed by atoms with Gasteiger partial charge in [-0.3, -0.25) is 9.59 Å². The smallest absolute Gasteiger partial charge is 0.231 e. The number of carbonyl (C=O) groups is 2. The molecule has 0 aliphatic carbocycles. The van der Waals surface area contributed by atoms with E-state index in [-0.39, 0.29) is 18.2 Å². The van der Waals surface area contributed by atoms with E-state index in [0.717, 1.165) is 0 Å². The van der Waals surface area contributed by atoms with Crippen LogP contribution in [0.3, 0.4) is 0 Å². The average molecular weight is 347 g/mol. The highest BCUT2D eigenvalue weighted by atomic mass is 32.1. The fraction of sp³-hybridized carbons (Fsp3) is 0.353. The fourth-order valence-electron chi connectivity index (χ4n) is 1.84. The Hall–Kier alpha value is -2.41. The van der Waals surface area contributed by atoms with E-state index in [2.05, 4.69) is 15.6 Å². The van der Waals surface area contributed by atoms with Crippen LogP contribution >= 0.6 is 11.3 Å². The Morgan fingerprint density at radius 2 is 1.92 bits per heavy atom. The zero-order valence-electron chi connectivity index (χ0n) is 14.2. The van der Waals surface area contributed by atoms with Crippen molar-refractivity contribution in [2.75, 3.05) is 17.7 Å². The number of carbonyl (C=O) groups excluding carboxylic acids is 2. The molecule has 0 saturated carbocycles. The summed E-state index contributed by atoms with van der Waals surface area (Å²) in [5.41, 5.74) is 0.727.